The van der Waals surface area contributed by atoms with Gasteiger partial charge >= 0.3 is 0 Å². The van der Waals surface area contributed by atoms with Gasteiger partial charge in [0.25, 0.3) is 0 Å². The highest BCUT2D eigenvalue weighted by Gasteiger charge is 2.40. The molecule has 122 valence electrons. The largest absolute Gasteiger partial charge is 0.370 e. The normalized spacial score (nSPS) is 37.5. The Balaban J connectivity index is 2.18. The molecule has 0 saturated heterocycles. The summed E-state index contributed by atoms with van der Waals surface area (Å²) in [5.41, 5.74) is 0. The molecule has 21 heavy (non-hydrogen) atoms. The third-order valence-corrected chi connectivity index (χ3v) is 6.85. The minimum Gasteiger partial charge on any atom is -0.370 e. The molecule has 1 aliphatic carbocycles. The number of hydrogen-bond acceptors (Lipinski definition) is 1. The van der Waals surface area contributed by atoms with Gasteiger partial charge in [-0.3, -0.25) is 0 Å². The lowest BCUT2D eigenvalue weighted by Crippen LogP contribution is -2.47. The molecule has 1 saturated carbocycles. The van der Waals surface area contributed by atoms with Crippen LogP contribution >= 0.6 is 0 Å². The molecule has 2 rings (SSSR count). The van der Waals surface area contributed by atoms with Gasteiger partial charge in [0.15, 0.2) is 0 Å². The molecule has 1 heterocycles. The lowest BCUT2D eigenvalue weighted by Gasteiger charge is -2.46. The van der Waals surface area contributed by atoms with Gasteiger partial charge < -0.3 is 4.90 Å². The molecule has 1 nitrogen and oxygen atoms in total. The van der Waals surface area contributed by atoms with Crippen molar-refractivity contribution in [1.82, 2.24) is 4.90 Å². The topological polar surface area (TPSA) is 3.24 Å². The van der Waals surface area contributed by atoms with E-state index in [4.69, 9.17) is 0 Å². The summed E-state index contributed by atoms with van der Waals surface area (Å²) in [5, 5.41) is 0. The molecule has 0 radical (unpaired) electrons. The van der Waals surface area contributed by atoms with Crippen molar-refractivity contribution < 1.29 is 0 Å². The third-order valence-electron chi connectivity index (χ3n) is 6.85. The summed E-state index contributed by atoms with van der Waals surface area (Å²) in [6.07, 6.45) is 10.3. The number of nitrogens with zero attached hydrogens (tertiary/aromatic N) is 1. The van der Waals surface area contributed by atoms with Crippen molar-refractivity contribution in [2.75, 3.05) is 6.54 Å². The van der Waals surface area contributed by atoms with Crippen molar-refractivity contribution in [2.24, 2.45) is 35.5 Å². The van der Waals surface area contributed by atoms with Crippen LogP contribution in [0.15, 0.2) is 12.3 Å². The van der Waals surface area contributed by atoms with E-state index < -0.39 is 0 Å². The zero-order chi connectivity index (χ0) is 15.6. The first kappa shape index (κ1) is 16.9. The van der Waals surface area contributed by atoms with Crippen molar-refractivity contribution in [2.45, 2.75) is 73.3 Å². The van der Waals surface area contributed by atoms with Crippen LogP contribution in [0, 0.1) is 35.5 Å². The second kappa shape index (κ2) is 7.20. The first-order chi connectivity index (χ1) is 9.95. The SMILES string of the molecule is CCC(C)C(C)C(C)C1CC(C)CCC(C)C1N1C=CC1. The summed E-state index contributed by atoms with van der Waals surface area (Å²) < 4.78 is 0. The molecule has 1 fully saturated rings. The van der Waals surface area contributed by atoms with Gasteiger partial charge in [0, 0.05) is 12.6 Å². The maximum absolute atomic E-state index is 2.65. The van der Waals surface area contributed by atoms with Crippen LogP contribution < -0.4 is 0 Å². The molecule has 0 N–H and O–H groups in total. The van der Waals surface area contributed by atoms with Crippen molar-refractivity contribution in [1.29, 1.82) is 0 Å². The van der Waals surface area contributed by atoms with E-state index in [1.54, 1.807) is 0 Å². The van der Waals surface area contributed by atoms with Crippen LogP contribution in [0.4, 0.5) is 0 Å². The molecule has 7 atom stereocenters. The molecule has 0 aromatic rings. The molecule has 1 heteroatoms. The van der Waals surface area contributed by atoms with Gasteiger partial charge in [-0.15, -0.1) is 0 Å². The van der Waals surface area contributed by atoms with Crippen molar-refractivity contribution in [3.05, 3.63) is 12.3 Å². The number of hydrogen-bond donors (Lipinski definition) is 0. The first-order valence-corrected chi connectivity index (χ1v) is 9.38. The number of rotatable bonds is 5. The van der Waals surface area contributed by atoms with E-state index in [0.717, 1.165) is 41.5 Å². The van der Waals surface area contributed by atoms with Gasteiger partial charge in [-0.25, -0.2) is 0 Å². The molecule has 2 aliphatic rings. The lowest BCUT2D eigenvalue weighted by atomic mass is 9.70. The summed E-state index contributed by atoms with van der Waals surface area (Å²) in [4.78, 5) is 2.65. The van der Waals surface area contributed by atoms with E-state index in [2.05, 4.69) is 58.7 Å². The Labute approximate surface area is 133 Å². The van der Waals surface area contributed by atoms with E-state index in [1.165, 1.54) is 32.2 Å². The fourth-order valence-electron chi connectivity index (χ4n) is 4.69. The van der Waals surface area contributed by atoms with Crippen LogP contribution in [0.5, 0.6) is 0 Å². The van der Waals surface area contributed by atoms with E-state index >= 15 is 0 Å². The fraction of sp³-hybridized carbons (Fsp3) is 0.900. The van der Waals surface area contributed by atoms with Crippen LogP contribution in [-0.4, -0.2) is 17.5 Å². The maximum Gasteiger partial charge on any atom is 0.0374 e. The average Bonchev–Trinajstić information content (AvgIpc) is 2.56. The van der Waals surface area contributed by atoms with E-state index in [-0.39, 0.29) is 0 Å². The van der Waals surface area contributed by atoms with Crippen molar-refractivity contribution >= 4 is 0 Å². The highest BCUT2D eigenvalue weighted by atomic mass is 15.2. The lowest BCUT2D eigenvalue weighted by molar-refractivity contribution is 0.0689. The van der Waals surface area contributed by atoms with Crippen LogP contribution in [0.1, 0.15) is 67.2 Å². The van der Waals surface area contributed by atoms with Gasteiger partial charge in [0.2, 0.25) is 0 Å². The van der Waals surface area contributed by atoms with Crippen molar-refractivity contribution in [3.8, 4) is 0 Å². The van der Waals surface area contributed by atoms with Gasteiger partial charge in [-0.1, -0.05) is 54.4 Å². The van der Waals surface area contributed by atoms with Crippen molar-refractivity contribution in [3.63, 3.8) is 0 Å². The Morgan fingerprint density at radius 2 is 1.81 bits per heavy atom. The Morgan fingerprint density at radius 3 is 2.33 bits per heavy atom. The molecule has 0 amide bonds. The Bertz CT molecular complexity index is 348. The molecule has 7 unspecified atom stereocenters. The smallest absolute Gasteiger partial charge is 0.0374 e. The zero-order valence-corrected chi connectivity index (χ0v) is 15.2. The molecule has 0 bridgehead atoms. The highest BCUT2D eigenvalue weighted by molar-refractivity contribution is 5.04. The van der Waals surface area contributed by atoms with E-state index in [0.29, 0.717) is 0 Å². The van der Waals surface area contributed by atoms with Gasteiger partial charge in [0.1, 0.15) is 0 Å². The quantitative estimate of drug-likeness (QED) is 0.598. The predicted molar refractivity (Wildman–Crippen MR) is 93.1 cm³/mol. The van der Waals surface area contributed by atoms with Crippen LogP contribution in [0.2, 0.25) is 0 Å². The average molecular weight is 292 g/mol. The second-order valence-electron chi connectivity index (χ2n) is 8.24. The summed E-state index contributed by atoms with van der Waals surface area (Å²) in [7, 11) is 0. The Hall–Kier alpha value is -0.460. The minimum absolute atomic E-state index is 0.779. The summed E-state index contributed by atoms with van der Waals surface area (Å²) in [5.74, 6) is 5.14. The predicted octanol–water partition coefficient (Wildman–Crippen LogP) is 5.57. The molecular weight excluding hydrogens is 254 g/mol. The van der Waals surface area contributed by atoms with Gasteiger partial charge in [0.05, 0.1) is 0 Å². The standard InChI is InChI=1S/C20H37N/c1-7-15(3)17(5)18(6)19-13-14(2)9-10-16(4)20(19)21-11-8-12-21/h8,11,14-20H,7,9-10,12-13H2,1-6H3. The van der Waals surface area contributed by atoms with Gasteiger partial charge in [-0.2, -0.15) is 0 Å². The van der Waals surface area contributed by atoms with Crippen LogP contribution in [0.3, 0.4) is 0 Å². The third kappa shape index (κ3) is 3.66. The monoisotopic (exact) mass is 291 g/mol. The van der Waals surface area contributed by atoms with E-state index in [9.17, 15) is 0 Å². The molecule has 1 aliphatic heterocycles. The molecule has 0 aromatic heterocycles. The highest BCUT2D eigenvalue weighted by Crippen LogP contribution is 2.43. The summed E-state index contributed by atoms with van der Waals surface area (Å²) >= 11 is 0. The molecular formula is C20H37N. The van der Waals surface area contributed by atoms with Crippen LogP contribution in [-0.2, 0) is 0 Å². The van der Waals surface area contributed by atoms with Crippen LogP contribution in [0.25, 0.3) is 0 Å². The summed E-state index contributed by atoms with van der Waals surface area (Å²) in [6, 6.07) is 0.779. The fourth-order valence-corrected chi connectivity index (χ4v) is 4.69. The molecule has 0 aromatic carbocycles. The molecule has 0 spiro atoms. The maximum atomic E-state index is 2.65. The first-order valence-electron chi connectivity index (χ1n) is 9.38. The second-order valence-corrected chi connectivity index (χ2v) is 8.24. The Morgan fingerprint density at radius 1 is 1.14 bits per heavy atom. The zero-order valence-electron chi connectivity index (χ0n) is 15.2. The van der Waals surface area contributed by atoms with Gasteiger partial charge in [-0.05, 0) is 60.6 Å². The van der Waals surface area contributed by atoms with E-state index in [1.807, 2.05) is 0 Å². The minimum atomic E-state index is 0.779. The summed E-state index contributed by atoms with van der Waals surface area (Å²) in [6.45, 7) is 16.0. The Kier molecular flexibility index (Phi) is 5.80.